The monoisotopic (exact) mass is 654 g/mol. The van der Waals surface area contributed by atoms with Crippen molar-refractivity contribution in [2.45, 2.75) is 82.2 Å². The third-order valence-corrected chi connectivity index (χ3v) is 8.72. The van der Waals surface area contributed by atoms with Crippen molar-refractivity contribution < 1.29 is 38.3 Å². The summed E-state index contributed by atoms with van der Waals surface area (Å²) >= 11 is 0. The number of rotatable bonds is 16. The number of hydrogen-bond donors (Lipinski definition) is 1. The van der Waals surface area contributed by atoms with Crippen molar-refractivity contribution in [2.24, 2.45) is 0 Å². The van der Waals surface area contributed by atoms with Gasteiger partial charge in [-0.05, 0) is 36.1 Å². The van der Waals surface area contributed by atoms with Crippen LogP contribution in [0.25, 0.3) is 0 Å². The van der Waals surface area contributed by atoms with Gasteiger partial charge >= 0.3 is 0 Å². The van der Waals surface area contributed by atoms with Gasteiger partial charge in [-0.15, -0.1) is 0 Å². The van der Waals surface area contributed by atoms with Crippen LogP contribution < -0.4 is 0 Å². The molecule has 6 atom stereocenters. The molecule has 1 heterocycles. The van der Waals surface area contributed by atoms with E-state index >= 15 is 0 Å². The molecule has 0 radical (unpaired) electrons. The first-order valence-electron chi connectivity index (χ1n) is 16.6. The third-order valence-electron chi connectivity index (χ3n) is 8.72. The van der Waals surface area contributed by atoms with Crippen molar-refractivity contribution in [3.8, 4) is 0 Å². The molecule has 8 heteroatoms. The molecule has 8 nitrogen and oxygen atoms in total. The maximum atomic E-state index is 12.9. The number of ether oxygens (including phenoxy) is 7. The van der Waals surface area contributed by atoms with E-state index in [1.807, 2.05) is 135 Å². The molecule has 0 amide bonds. The van der Waals surface area contributed by atoms with Gasteiger partial charge in [-0.1, -0.05) is 121 Å². The molecule has 2 aliphatic rings. The highest BCUT2D eigenvalue weighted by molar-refractivity contribution is 5.19. The van der Waals surface area contributed by atoms with E-state index < -0.39 is 35.8 Å². The van der Waals surface area contributed by atoms with Crippen LogP contribution in [0.3, 0.4) is 0 Å². The molecule has 4 aromatic carbocycles. The van der Waals surface area contributed by atoms with Gasteiger partial charge in [-0.25, -0.2) is 0 Å². The van der Waals surface area contributed by atoms with Gasteiger partial charge in [0.15, 0.2) is 5.79 Å². The quantitative estimate of drug-likeness (QED) is 0.152. The van der Waals surface area contributed by atoms with E-state index in [9.17, 15) is 5.11 Å². The Morgan fingerprint density at radius 1 is 0.583 bits per heavy atom. The Morgan fingerprint density at radius 3 is 1.44 bits per heavy atom. The first-order valence-corrected chi connectivity index (χ1v) is 16.6. The highest BCUT2D eigenvalue weighted by Gasteiger charge is 2.63. The van der Waals surface area contributed by atoms with E-state index in [0.29, 0.717) is 26.4 Å². The molecule has 4 aromatic rings. The fourth-order valence-electron chi connectivity index (χ4n) is 6.34. The van der Waals surface area contributed by atoms with Crippen molar-refractivity contribution in [3.63, 3.8) is 0 Å². The van der Waals surface area contributed by atoms with Crippen LogP contribution >= 0.6 is 0 Å². The lowest BCUT2D eigenvalue weighted by atomic mass is 9.97. The van der Waals surface area contributed by atoms with Crippen LogP contribution in [0.1, 0.15) is 36.1 Å². The van der Waals surface area contributed by atoms with E-state index in [-0.39, 0.29) is 25.9 Å². The molecule has 1 N–H and O–H groups in total. The van der Waals surface area contributed by atoms with Crippen LogP contribution in [0.2, 0.25) is 0 Å². The summed E-state index contributed by atoms with van der Waals surface area (Å²) in [6.07, 6.45) is -3.48. The van der Waals surface area contributed by atoms with Crippen LogP contribution in [0, 0.1) is 0 Å². The first kappa shape index (κ1) is 34.4. The van der Waals surface area contributed by atoms with Gasteiger partial charge in [-0.2, -0.15) is 0 Å². The minimum Gasteiger partial charge on any atom is -0.382 e. The molecule has 1 aliphatic carbocycles. The summed E-state index contributed by atoms with van der Waals surface area (Å²) in [6, 6.07) is 39.7. The Morgan fingerprint density at radius 2 is 1.00 bits per heavy atom. The Bertz CT molecular complexity index is 1500. The molecule has 1 aliphatic heterocycles. The molecule has 2 fully saturated rings. The average molecular weight is 655 g/mol. The fourth-order valence-corrected chi connectivity index (χ4v) is 6.34. The predicted molar refractivity (Wildman–Crippen MR) is 181 cm³/mol. The maximum Gasteiger partial charge on any atom is 0.163 e. The molecule has 1 saturated heterocycles. The summed E-state index contributed by atoms with van der Waals surface area (Å²) in [5.74, 6) is -0.718. The summed E-state index contributed by atoms with van der Waals surface area (Å²) in [4.78, 5) is 0. The number of benzene rings is 4. The molecular weight excluding hydrogens is 608 g/mol. The van der Waals surface area contributed by atoms with Crippen LogP contribution in [0.5, 0.6) is 0 Å². The summed E-state index contributed by atoms with van der Waals surface area (Å²) in [7, 11) is 0. The zero-order valence-corrected chi connectivity index (χ0v) is 27.7. The summed E-state index contributed by atoms with van der Waals surface area (Å²) in [5.41, 5.74) is 2.29. The van der Waals surface area contributed by atoms with Gasteiger partial charge in [0.1, 0.15) is 36.1 Å². The lowest BCUT2D eigenvalue weighted by molar-refractivity contribution is -0.207. The fraction of sp³-hybridized carbons (Fsp3) is 0.400. The van der Waals surface area contributed by atoms with E-state index in [1.54, 1.807) is 0 Å². The van der Waals surface area contributed by atoms with Crippen molar-refractivity contribution in [2.75, 3.05) is 19.8 Å². The Hall–Kier alpha value is -3.44. The Kier molecular flexibility index (Phi) is 11.7. The third kappa shape index (κ3) is 8.96. The SMILES string of the molecule is CC1(C)OC[C@@H](CO[C@H]2[C@H](OCc3ccccc3)[C@@H](OCc3ccccc3)[C@@H](OCc3ccccc3)[C@]2(O)COCc2ccccc2)O1. The summed E-state index contributed by atoms with van der Waals surface area (Å²) in [6.45, 7) is 5.38. The second kappa shape index (κ2) is 16.3. The van der Waals surface area contributed by atoms with Gasteiger partial charge < -0.3 is 38.3 Å². The molecule has 254 valence electrons. The molecular formula is C40H46O8. The minimum absolute atomic E-state index is 0.0735. The Labute approximate surface area is 283 Å². The molecule has 0 aromatic heterocycles. The average Bonchev–Trinajstić information content (AvgIpc) is 3.57. The van der Waals surface area contributed by atoms with E-state index in [2.05, 4.69) is 0 Å². The summed E-state index contributed by atoms with van der Waals surface area (Å²) < 4.78 is 44.8. The van der Waals surface area contributed by atoms with E-state index in [4.69, 9.17) is 33.2 Å². The summed E-state index contributed by atoms with van der Waals surface area (Å²) in [5, 5.41) is 12.9. The second-order valence-corrected chi connectivity index (χ2v) is 12.9. The normalized spacial score (nSPS) is 26.5. The smallest absolute Gasteiger partial charge is 0.163 e. The molecule has 0 bridgehead atoms. The van der Waals surface area contributed by atoms with Crippen LogP contribution in [-0.4, -0.2) is 66.8 Å². The minimum atomic E-state index is -1.65. The van der Waals surface area contributed by atoms with Gasteiger partial charge in [0.2, 0.25) is 0 Å². The molecule has 0 unspecified atom stereocenters. The van der Waals surface area contributed by atoms with E-state index in [0.717, 1.165) is 22.3 Å². The lowest BCUT2D eigenvalue weighted by Crippen LogP contribution is -2.55. The van der Waals surface area contributed by atoms with Crippen molar-refractivity contribution in [3.05, 3.63) is 144 Å². The molecule has 6 rings (SSSR count). The number of aliphatic hydroxyl groups is 1. The van der Waals surface area contributed by atoms with E-state index in [1.165, 1.54) is 0 Å². The maximum absolute atomic E-state index is 12.9. The topological polar surface area (TPSA) is 84.8 Å². The molecule has 1 saturated carbocycles. The zero-order chi connectivity index (χ0) is 33.2. The zero-order valence-electron chi connectivity index (χ0n) is 27.7. The first-order chi connectivity index (χ1) is 23.4. The highest BCUT2D eigenvalue weighted by atomic mass is 16.7. The lowest BCUT2D eigenvalue weighted by Gasteiger charge is -2.35. The van der Waals surface area contributed by atoms with Crippen LogP contribution in [-0.2, 0) is 59.6 Å². The van der Waals surface area contributed by atoms with Crippen molar-refractivity contribution in [1.29, 1.82) is 0 Å². The molecule has 0 spiro atoms. The van der Waals surface area contributed by atoms with Gasteiger partial charge in [0.05, 0.1) is 46.2 Å². The van der Waals surface area contributed by atoms with Gasteiger partial charge in [0.25, 0.3) is 0 Å². The second-order valence-electron chi connectivity index (χ2n) is 12.9. The molecule has 48 heavy (non-hydrogen) atoms. The predicted octanol–water partition coefficient (Wildman–Crippen LogP) is 6.24. The van der Waals surface area contributed by atoms with Crippen LogP contribution in [0.4, 0.5) is 0 Å². The van der Waals surface area contributed by atoms with Crippen LogP contribution in [0.15, 0.2) is 121 Å². The largest absolute Gasteiger partial charge is 0.382 e. The number of hydrogen-bond acceptors (Lipinski definition) is 8. The highest BCUT2D eigenvalue weighted by Crippen LogP contribution is 2.41. The Balaban J connectivity index is 1.33. The van der Waals surface area contributed by atoms with Crippen molar-refractivity contribution in [1.82, 2.24) is 0 Å². The van der Waals surface area contributed by atoms with Gasteiger partial charge in [-0.3, -0.25) is 0 Å². The standard InChI is InChI=1S/C40H46O8/c1-39(2)47-28-34(48-39)27-46-38-36(44-25-32-19-11-5-12-20-32)35(43-24-31-17-9-4-10-18-31)37(45-26-33-21-13-6-14-22-33)40(38,41)29-42-23-30-15-7-3-8-16-30/h3-22,34-38,41H,23-29H2,1-2H3/t34-,35-,36-,37-,38+,40-/m1/s1. The van der Waals surface area contributed by atoms with Gasteiger partial charge in [0, 0.05) is 0 Å². The van der Waals surface area contributed by atoms with Crippen molar-refractivity contribution >= 4 is 0 Å².